The van der Waals surface area contributed by atoms with Crippen molar-refractivity contribution in [3.8, 4) is 11.1 Å². The van der Waals surface area contributed by atoms with Gasteiger partial charge in [-0.05, 0) is 93.5 Å². The lowest BCUT2D eigenvalue weighted by atomic mass is 9.77. The van der Waals surface area contributed by atoms with E-state index in [-0.39, 0.29) is 11.8 Å². The van der Waals surface area contributed by atoms with Gasteiger partial charge in [0.25, 0.3) is 0 Å². The van der Waals surface area contributed by atoms with E-state index in [0.717, 1.165) is 32.1 Å². The minimum Gasteiger partial charge on any atom is -0.269 e. The van der Waals surface area contributed by atoms with Crippen LogP contribution in [0.15, 0.2) is 143 Å². The zero-order valence-electron chi connectivity index (χ0n) is 26.2. The molecule has 2 heterocycles. The van der Waals surface area contributed by atoms with Crippen LogP contribution in [0.1, 0.15) is 81.4 Å². The molecular formula is C42H42N2. The molecule has 2 nitrogen and oxygen atoms in total. The van der Waals surface area contributed by atoms with Crippen LogP contribution in [0.5, 0.6) is 0 Å². The van der Waals surface area contributed by atoms with E-state index >= 15 is 0 Å². The van der Waals surface area contributed by atoms with Crippen LogP contribution in [0.3, 0.4) is 0 Å². The third-order valence-corrected chi connectivity index (χ3v) is 9.16. The Kier molecular flexibility index (Phi) is 9.27. The monoisotopic (exact) mass is 574 g/mol. The fourth-order valence-corrected chi connectivity index (χ4v) is 6.91. The Morgan fingerprint density at radius 3 is 2.57 bits per heavy atom. The summed E-state index contributed by atoms with van der Waals surface area (Å²) in [5.74, 6) is 0.559. The number of fused-ring (bicyclic) bond motifs is 1. The molecule has 0 radical (unpaired) electrons. The number of benzene rings is 3. The van der Waals surface area contributed by atoms with Crippen LogP contribution in [0.4, 0.5) is 0 Å². The second-order valence-corrected chi connectivity index (χ2v) is 11.8. The topological polar surface area (TPSA) is 25.2 Å². The molecule has 1 aromatic heterocycles. The molecule has 0 bridgehead atoms. The Bertz CT molecular complexity index is 1810. The van der Waals surface area contributed by atoms with Gasteiger partial charge in [0.05, 0.1) is 0 Å². The molecule has 0 N–H and O–H groups in total. The van der Waals surface area contributed by atoms with Crippen molar-refractivity contribution in [1.82, 2.24) is 4.98 Å². The van der Waals surface area contributed by atoms with Crippen molar-refractivity contribution in [3.05, 3.63) is 155 Å². The first-order valence-corrected chi connectivity index (χ1v) is 16.2. The molecular weight excluding hydrogens is 532 g/mol. The molecule has 0 saturated heterocycles. The fourth-order valence-electron chi connectivity index (χ4n) is 6.91. The first kappa shape index (κ1) is 29.5. The summed E-state index contributed by atoms with van der Waals surface area (Å²) in [6, 6.07) is 26.9. The van der Waals surface area contributed by atoms with E-state index < -0.39 is 0 Å². The highest BCUT2D eigenvalue weighted by Crippen LogP contribution is 2.44. The number of pyridine rings is 1. The SMILES string of the molecule is CC/C=C\C(CC)=C(\C1=C(C(C)c2cccc3c(-c4ccncc4C4C=CN=CC4)cccc23)CCC=C1)c1ccccc1. The number of rotatable bonds is 9. The van der Waals surface area contributed by atoms with Crippen LogP contribution < -0.4 is 0 Å². The maximum Gasteiger partial charge on any atom is 0.0312 e. The van der Waals surface area contributed by atoms with Crippen molar-refractivity contribution in [2.75, 3.05) is 0 Å². The van der Waals surface area contributed by atoms with Crippen LogP contribution in [0.2, 0.25) is 0 Å². The van der Waals surface area contributed by atoms with Crippen molar-refractivity contribution < 1.29 is 0 Å². The van der Waals surface area contributed by atoms with Crippen molar-refractivity contribution in [2.45, 2.75) is 64.7 Å². The van der Waals surface area contributed by atoms with E-state index in [2.05, 4.69) is 134 Å². The van der Waals surface area contributed by atoms with E-state index in [0.29, 0.717) is 0 Å². The van der Waals surface area contributed by atoms with Gasteiger partial charge in [0, 0.05) is 36.6 Å². The molecule has 0 saturated carbocycles. The summed E-state index contributed by atoms with van der Waals surface area (Å²) in [5, 5.41) is 2.62. The van der Waals surface area contributed by atoms with Gasteiger partial charge in [0.1, 0.15) is 0 Å². The molecule has 2 unspecified atom stereocenters. The Balaban J connectivity index is 1.51. The maximum atomic E-state index is 4.52. The van der Waals surface area contributed by atoms with Crippen molar-refractivity contribution >= 4 is 22.6 Å². The molecule has 2 atom stereocenters. The second kappa shape index (κ2) is 13.8. The molecule has 2 heteroatoms. The summed E-state index contributed by atoms with van der Waals surface area (Å²) < 4.78 is 0. The maximum absolute atomic E-state index is 4.52. The normalized spacial score (nSPS) is 17.8. The molecule has 44 heavy (non-hydrogen) atoms. The molecule has 4 aromatic rings. The van der Waals surface area contributed by atoms with Crippen LogP contribution >= 0.6 is 0 Å². The summed E-state index contributed by atoms with van der Waals surface area (Å²) in [6.45, 7) is 6.91. The zero-order chi connectivity index (χ0) is 30.3. The van der Waals surface area contributed by atoms with Crippen LogP contribution in [0.25, 0.3) is 27.5 Å². The highest BCUT2D eigenvalue weighted by Gasteiger charge is 2.24. The van der Waals surface area contributed by atoms with Crippen LogP contribution in [-0.4, -0.2) is 11.2 Å². The smallest absolute Gasteiger partial charge is 0.0312 e. The molecule has 2 aliphatic rings. The number of nitrogens with zero attached hydrogens (tertiary/aromatic N) is 2. The number of aliphatic imine (C=N–C) groups is 1. The summed E-state index contributed by atoms with van der Waals surface area (Å²) >= 11 is 0. The molecule has 0 spiro atoms. The molecule has 1 aliphatic carbocycles. The Morgan fingerprint density at radius 1 is 0.932 bits per heavy atom. The average Bonchev–Trinajstić information content (AvgIpc) is 3.10. The molecule has 0 amide bonds. The van der Waals surface area contributed by atoms with Gasteiger partial charge in [-0.2, -0.15) is 0 Å². The lowest BCUT2D eigenvalue weighted by Crippen LogP contribution is -2.08. The Morgan fingerprint density at radius 2 is 1.77 bits per heavy atom. The molecule has 1 aliphatic heterocycles. The lowest BCUT2D eigenvalue weighted by molar-refractivity contribution is 0.796. The minimum absolute atomic E-state index is 0.273. The Labute approximate surface area is 263 Å². The van der Waals surface area contributed by atoms with Gasteiger partial charge in [-0.15, -0.1) is 0 Å². The molecule has 220 valence electrons. The summed E-state index contributed by atoms with van der Waals surface area (Å²) in [7, 11) is 0. The number of hydrogen-bond donors (Lipinski definition) is 0. The van der Waals surface area contributed by atoms with Gasteiger partial charge >= 0.3 is 0 Å². The van der Waals surface area contributed by atoms with E-state index in [1.54, 1.807) is 0 Å². The van der Waals surface area contributed by atoms with Gasteiger partial charge < -0.3 is 0 Å². The summed E-state index contributed by atoms with van der Waals surface area (Å²) in [6.07, 6.45) is 24.6. The molecule has 6 rings (SSSR count). The van der Waals surface area contributed by atoms with Crippen molar-refractivity contribution in [3.63, 3.8) is 0 Å². The second-order valence-electron chi connectivity index (χ2n) is 11.8. The highest BCUT2D eigenvalue weighted by atomic mass is 14.7. The third kappa shape index (κ3) is 5.95. The van der Waals surface area contributed by atoms with Gasteiger partial charge in [-0.25, -0.2) is 0 Å². The summed E-state index contributed by atoms with van der Waals surface area (Å²) in [4.78, 5) is 8.83. The first-order valence-electron chi connectivity index (χ1n) is 16.2. The van der Waals surface area contributed by atoms with Crippen molar-refractivity contribution in [2.24, 2.45) is 4.99 Å². The van der Waals surface area contributed by atoms with E-state index in [1.807, 2.05) is 24.8 Å². The van der Waals surface area contributed by atoms with Gasteiger partial charge in [0.2, 0.25) is 0 Å². The first-order chi connectivity index (χ1) is 21.7. The standard InChI is InChI=1S/C42H42N2/c1-4-6-14-31(5-2)42(33-15-8-7-9-16-33)40-18-11-10-17-35(40)30(3)34-19-12-21-37-36(34)20-13-22-38(37)39-25-28-44-29-41(39)32-23-26-43-27-24-32/h6-9,11-16,18-23,25-30,32H,4-5,10,17,24H2,1-3H3/b14-6-,42-31+. The minimum atomic E-state index is 0.273. The van der Waals surface area contributed by atoms with Gasteiger partial charge in [-0.3, -0.25) is 9.98 Å². The third-order valence-electron chi connectivity index (χ3n) is 9.16. The van der Waals surface area contributed by atoms with E-state index in [1.165, 1.54) is 60.9 Å². The predicted molar refractivity (Wildman–Crippen MR) is 189 cm³/mol. The van der Waals surface area contributed by atoms with E-state index in [4.69, 9.17) is 0 Å². The van der Waals surface area contributed by atoms with Crippen LogP contribution in [0, 0.1) is 0 Å². The fraction of sp³-hybridized carbons (Fsp3) is 0.238. The number of allylic oxidation sites excluding steroid dienone is 9. The number of aromatic nitrogens is 1. The number of hydrogen-bond acceptors (Lipinski definition) is 2. The average molecular weight is 575 g/mol. The quantitative estimate of drug-likeness (QED) is 0.183. The van der Waals surface area contributed by atoms with E-state index in [9.17, 15) is 0 Å². The zero-order valence-corrected chi connectivity index (χ0v) is 26.2. The predicted octanol–water partition coefficient (Wildman–Crippen LogP) is 11.6. The Hall–Kier alpha value is -4.56. The highest BCUT2D eigenvalue weighted by molar-refractivity contribution is 5.99. The van der Waals surface area contributed by atoms with Gasteiger partial charge in [0.15, 0.2) is 0 Å². The molecule has 3 aromatic carbocycles. The van der Waals surface area contributed by atoms with Crippen molar-refractivity contribution in [1.29, 1.82) is 0 Å². The summed E-state index contributed by atoms with van der Waals surface area (Å²) in [5.41, 5.74) is 12.2. The molecule has 0 fully saturated rings. The van der Waals surface area contributed by atoms with Crippen LogP contribution in [-0.2, 0) is 0 Å². The lowest BCUT2D eigenvalue weighted by Gasteiger charge is -2.27. The van der Waals surface area contributed by atoms with Gasteiger partial charge in [-0.1, -0.05) is 123 Å². The largest absolute Gasteiger partial charge is 0.269 e.